The zero-order valence-electron chi connectivity index (χ0n) is 4.98. The van der Waals surface area contributed by atoms with Crippen LogP contribution in [0.2, 0.25) is 10.5 Å². The van der Waals surface area contributed by atoms with Crippen molar-refractivity contribution in [1.82, 2.24) is 0 Å². The molecule has 0 aromatic carbocycles. The number of rotatable bonds is 0. The summed E-state index contributed by atoms with van der Waals surface area (Å²) in [6.45, 7) is 0. The average molecular weight is 224 g/mol. The van der Waals surface area contributed by atoms with Gasteiger partial charge in [-0.3, -0.25) is 0 Å². The fourth-order valence-electron chi connectivity index (χ4n) is 0.721. The van der Waals surface area contributed by atoms with Crippen molar-refractivity contribution < 1.29 is 0 Å². The molecule has 0 radical (unpaired) electrons. The fourth-order valence-corrected chi connectivity index (χ4v) is 4.94. The Kier molecular flexibility index (Phi) is 2.68. The van der Waals surface area contributed by atoms with Gasteiger partial charge in [-0.2, -0.15) is 0 Å². The second-order valence-corrected chi connectivity index (χ2v) is 15.9. The summed E-state index contributed by atoms with van der Waals surface area (Å²) in [5, 5.41) is 1.85. The second-order valence-electron chi connectivity index (χ2n) is 2.12. The zero-order chi connectivity index (χ0) is 6.74. The van der Waals surface area contributed by atoms with Gasteiger partial charge in [0.05, 0.1) is 0 Å². The molecule has 9 heavy (non-hydrogen) atoms. The van der Waals surface area contributed by atoms with Crippen molar-refractivity contribution in [3.8, 4) is 0 Å². The van der Waals surface area contributed by atoms with E-state index in [1.807, 2.05) is 12.2 Å². The van der Waals surface area contributed by atoms with Crippen molar-refractivity contribution in [2.75, 3.05) is 0 Å². The van der Waals surface area contributed by atoms with Gasteiger partial charge in [0.25, 0.3) is 0 Å². The maximum absolute atomic E-state index is 6.03. The summed E-state index contributed by atoms with van der Waals surface area (Å²) in [5.41, 5.74) is 0. The predicted molar refractivity (Wildman–Crippen MR) is 45.4 cm³/mol. The number of allylic oxidation sites excluding steroid dienone is 4. The van der Waals surface area contributed by atoms with E-state index in [9.17, 15) is 0 Å². The van der Waals surface area contributed by atoms with Gasteiger partial charge in [-0.25, -0.2) is 0 Å². The van der Waals surface area contributed by atoms with Crippen LogP contribution in [-0.2, 0) is 0 Å². The van der Waals surface area contributed by atoms with E-state index in [-0.39, 0.29) is 0 Å². The molecule has 0 nitrogen and oxygen atoms in total. The zero-order valence-corrected chi connectivity index (χ0v) is 8.59. The fraction of sp³-hybridized carbons (Fsp3) is 0.333. The Bertz CT molecular complexity index is 133. The molecule has 1 rings (SSSR count). The summed E-state index contributed by atoms with van der Waals surface area (Å²) in [6.07, 6.45) is 8.14. The topological polar surface area (TPSA) is 0 Å². The van der Waals surface area contributed by atoms with E-state index in [1.54, 1.807) is 0 Å². The Hall–Kier alpha value is 0.603. The Morgan fingerprint density at radius 2 is 1.44 bits per heavy atom. The van der Waals surface area contributed by atoms with Gasteiger partial charge in [0.1, 0.15) is 0 Å². The van der Waals surface area contributed by atoms with E-state index in [1.165, 1.54) is 0 Å². The molecule has 1 heterocycles. The van der Waals surface area contributed by atoms with Crippen LogP contribution in [-0.4, -0.2) is 11.4 Å². The minimum absolute atomic E-state index is 0.927. The van der Waals surface area contributed by atoms with Crippen LogP contribution in [0.25, 0.3) is 0 Å². The van der Waals surface area contributed by atoms with Crippen molar-refractivity contribution in [3.63, 3.8) is 0 Å². The average Bonchev–Trinajstić information content (AvgIpc) is 1.92. The maximum atomic E-state index is 6.03. The molecule has 3 heteroatoms. The van der Waals surface area contributed by atoms with Crippen LogP contribution in [0.15, 0.2) is 24.3 Å². The summed E-state index contributed by atoms with van der Waals surface area (Å²) in [7, 11) is 12.1. The standard InChI is InChI=1S/C6H8Cl2Ge/c7-9(8)5-3-1-2-4-6-9/h1-4H,5-6H2. The summed E-state index contributed by atoms with van der Waals surface area (Å²) in [5.74, 6) is 0. The second kappa shape index (κ2) is 3.13. The van der Waals surface area contributed by atoms with Crippen LogP contribution < -0.4 is 0 Å². The number of hydrogen-bond donors (Lipinski definition) is 0. The molecule has 0 aromatic rings. The third kappa shape index (κ3) is 2.79. The van der Waals surface area contributed by atoms with Gasteiger partial charge < -0.3 is 0 Å². The van der Waals surface area contributed by atoms with Gasteiger partial charge in [-0.05, 0) is 0 Å². The van der Waals surface area contributed by atoms with Crippen LogP contribution in [0.4, 0.5) is 0 Å². The van der Waals surface area contributed by atoms with E-state index in [0.29, 0.717) is 0 Å². The third-order valence-corrected chi connectivity index (χ3v) is 7.92. The van der Waals surface area contributed by atoms with Gasteiger partial charge in [-0.15, -0.1) is 0 Å². The summed E-state index contributed by atoms with van der Waals surface area (Å²) < 4.78 is 0. The van der Waals surface area contributed by atoms with Crippen molar-refractivity contribution in [1.29, 1.82) is 0 Å². The van der Waals surface area contributed by atoms with Crippen LogP contribution in [0.1, 0.15) is 0 Å². The molecule has 0 fully saturated rings. The minimum atomic E-state index is -2.33. The molecule has 0 aromatic heterocycles. The summed E-state index contributed by atoms with van der Waals surface area (Å²) in [4.78, 5) is 0. The van der Waals surface area contributed by atoms with Gasteiger partial charge in [0, 0.05) is 0 Å². The Morgan fingerprint density at radius 1 is 1.00 bits per heavy atom. The Morgan fingerprint density at radius 3 is 1.89 bits per heavy atom. The van der Waals surface area contributed by atoms with Crippen LogP contribution in [0.5, 0.6) is 0 Å². The van der Waals surface area contributed by atoms with Crippen molar-refractivity contribution >= 4 is 31.4 Å². The molecule has 50 valence electrons. The molecule has 1 aliphatic heterocycles. The molecule has 0 saturated heterocycles. The third-order valence-electron chi connectivity index (χ3n) is 1.22. The monoisotopic (exact) mass is 224 g/mol. The first-order chi connectivity index (χ1) is 4.21. The molecule has 1 aliphatic rings. The van der Waals surface area contributed by atoms with Gasteiger partial charge >= 0.3 is 66.2 Å². The van der Waals surface area contributed by atoms with Gasteiger partial charge in [0.15, 0.2) is 0 Å². The molecular formula is C6H8Cl2Ge. The molecule has 0 N–H and O–H groups in total. The predicted octanol–water partition coefficient (Wildman–Crippen LogP) is 3.03. The van der Waals surface area contributed by atoms with Crippen molar-refractivity contribution in [3.05, 3.63) is 24.3 Å². The van der Waals surface area contributed by atoms with Crippen LogP contribution in [0.3, 0.4) is 0 Å². The van der Waals surface area contributed by atoms with Gasteiger partial charge in [0.2, 0.25) is 0 Å². The molecule has 0 spiro atoms. The molecule has 0 bridgehead atoms. The summed E-state index contributed by atoms with van der Waals surface area (Å²) >= 11 is -2.33. The molecule has 0 atom stereocenters. The first-order valence-corrected chi connectivity index (χ1v) is 11.4. The Balaban J connectivity index is 2.61. The van der Waals surface area contributed by atoms with E-state index < -0.39 is 11.4 Å². The molecular weight excluding hydrogens is 216 g/mol. The van der Waals surface area contributed by atoms with Crippen LogP contribution in [0, 0.1) is 0 Å². The quantitative estimate of drug-likeness (QED) is 0.554. The van der Waals surface area contributed by atoms with Crippen molar-refractivity contribution in [2.24, 2.45) is 0 Å². The summed E-state index contributed by atoms with van der Waals surface area (Å²) in [6, 6.07) is 0. The normalized spacial score (nSPS) is 23.8. The van der Waals surface area contributed by atoms with Gasteiger partial charge in [-0.1, -0.05) is 0 Å². The van der Waals surface area contributed by atoms with E-state index in [0.717, 1.165) is 10.5 Å². The van der Waals surface area contributed by atoms with E-state index >= 15 is 0 Å². The first-order valence-electron chi connectivity index (χ1n) is 2.90. The van der Waals surface area contributed by atoms with Crippen molar-refractivity contribution in [2.45, 2.75) is 10.5 Å². The molecule has 0 unspecified atom stereocenters. The van der Waals surface area contributed by atoms with Crippen LogP contribution >= 0.6 is 20.0 Å². The molecule has 0 aliphatic carbocycles. The Labute approximate surface area is 66.3 Å². The van der Waals surface area contributed by atoms with E-state index in [4.69, 9.17) is 20.0 Å². The number of halogens is 2. The number of hydrogen-bond acceptors (Lipinski definition) is 0. The van der Waals surface area contributed by atoms with E-state index in [2.05, 4.69) is 12.2 Å². The molecule has 0 amide bonds. The molecule has 0 saturated carbocycles. The SMILES string of the molecule is [Cl][Ge]1([Cl])[CH2]C=CC=C[CH2]1. The first kappa shape index (κ1) is 7.71.